The molecule has 21 heavy (non-hydrogen) atoms. The molecule has 116 valence electrons. The Bertz CT molecular complexity index is 523. The molecular formula is C16H23BrN2O2. The summed E-state index contributed by atoms with van der Waals surface area (Å²) in [6.07, 6.45) is 3.69. The average Bonchev–Trinajstić information content (AvgIpc) is 3.08. The largest absolute Gasteiger partial charge is 0.454 e. The van der Waals surface area contributed by atoms with Gasteiger partial charge in [-0.25, -0.2) is 0 Å². The smallest absolute Gasteiger partial charge is 0.231 e. The number of nitrogens with zero attached hydrogens (tertiary/aromatic N) is 1. The van der Waals surface area contributed by atoms with E-state index in [0.29, 0.717) is 25.4 Å². The van der Waals surface area contributed by atoms with Crippen molar-refractivity contribution in [3.8, 4) is 11.5 Å². The van der Waals surface area contributed by atoms with Crippen LogP contribution in [0.5, 0.6) is 11.5 Å². The van der Waals surface area contributed by atoms with Gasteiger partial charge in [0.05, 0.1) is 4.47 Å². The third kappa shape index (κ3) is 2.67. The maximum absolute atomic E-state index is 6.13. The van der Waals surface area contributed by atoms with Gasteiger partial charge in [0.2, 0.25) is 6.79 Å². The highest BCUT2D eigenvalue weighted by Crippen LogP contribution is 2.43. The van der Waals surface area contributed by atoms with Crippen LogP contribution >= 0.6 is 15.9 Å². The molecule has 3 unspecified atom stereocenters. The Morgan fingerprint density at radius 1 is 1.38 bits per heavy atom. The minimum atomic E-state index is 0.234. The van der Waals surface area contributed by atoms with Gasteiger partial charge >= 0.3 is 0 Å². The first-order chi connectivity index (χ1) is 10.2. The molecular weight excluding hydrogens is 332 g/mol. The summed E-state index contributed by atoms with van der Waals surface area (Å²) >= 11 is 3.59. The molecule has 0 saturated carbocycles. The summed E-state index contributed by atoms with van der Waals surface area (Å²) in [7, 11) is 0. The molecule has 0 aliphatic carbocycles. The van der Waals surface area contributed by atoms with E-state index in [1.807, 2.05) is 0 Å². The van der Waals surface area contributed by atoms with Crippen LogP contribution in [0, 0.1) is 0 Å². The quantitative estimate of drug-likeness (QED) is 0.899. The summed E-state index contributed by atoms with van der Waals surface area (Å²) in [6, 6.07) is 5.65. The van der Waals surface area contributed by atoms with Crippen LogP contribution < -0.4 is 15.2 Å². The second-order valence-electron chi connectivity index (χ2n) is 5.92. The van der Waals surface area contributed by atoms with E-state index in [-0.39, 0.29) is 6.04 Å². The maximum atomic E-state index is 6.13. The number of ether oxygens (including phenoxy) is 2. The molecule has 2 aliphatic heterocycles. The fourth-order valence-corrected chi connectivity index (χ4v) is 4.25. The van der Waals surface area contributed by atoms with E-state index in [2.05, 4.69) is 46.8 Å². The van der Waals surface area contributed by atoms with Crippen LogP contribution in [-0.4, -0.2) is 30.3 Å². The van der Waals surface area contributed by atoms with Crippen molar-refractivity contribution in [2.24, 2.45) is 5.73 Å². The van der Waals surface area contributed by atoms with Crippen LogP contribution in [0.4, 0.5) is 0 Å². The molecule has 0 bridgehead atoms. The van der Waals surface area contributed by atoms with E-state index in [0.717, 1.165) is 16.0 Å². The first-order valence-corrected chi connectivity index (χ1v) is 8.51. The van der Waals surface area contributed by atoms with Gasteiger partial charge in [-0.05, 0) is 59.8 Å². The minimum absolute atomic E-state index is 0.234. The zero-order chi connectivity index (χ0) is 15.0. The number of nitrogens with two attached hydrogens (primary N) is 1. The first kappa shape index (κ1) is 15.1. The Balaban J connectivity index is 1.95. The van der Waals surface area contributed by atoms with Crippen LogP contribution in [0.25, 0.3) is 0 Å². The normalized spacial score (nSPS) is 26.3. The van der Waals surface area contributed by atoms with Crippen LogP contribution in [0.1, 0.15) is 44.7 Å². The maximum Gasteiger partial charge on any atom is 0.231 e. The van der Waals surface area contributed by atoms with Gasteiger partial charge in [0.1, 0.15) is 0 Å². The number of rotatable bonds is 4. The number of likely N-dealkylation sites (tertiary alicyclic amines) is 1. The standard InChI is InChI=1S/C16H23BrN2O2/c1-3-12-5-4-10(2)19(12)14(8-18)11-6-13(17)16-15(7-11)20-9-21-16/h6-7,10,12,14H,3-5,8-9,18H2,1-2H3. The number of halogens is 1. The highest BCUT2D eigenvalue weighted by molar-refractivity contribution is 9.10. The minimum Gasteiger partial charge on any atom is -0.454 e. The molecule has 1 aromatic rings. The van der Waals surface area contributed by atoms with Crippen molar-refractivity contribution in [3.63, 3.8) is 0 Å². The fourth-order valence-electron chi connectivity index (χ4n) is 3.68. The molecule has 0 amide bonds. The summed E-state index contributed by atoms with van der Waals surface area (Å²) in [6.45, 7) is 5.48. The van der Waals surface area contributed by atoms with Gasteiger partial charge in [-0.2, -0.15) is 0 Å². The third-order valence-electron chi connectivity index (χ3n) is 4.74. The van der Waals surface area contributed by atoms with E-state index in [1.165, 1.54) is 24.8 Å². The molecule has 0 radical (unpaired) electrons. The molecule has 1 saturated heterocycles. The van der Waals surface area contributed by atoms with Crippen LogP contribution in [0.2, 0.25) is 0 Å². The Hall–Kier alpha value is -0.780. The van der Waals surface area contributed by atoms with E-state index < -0.39 is 0 Å². The molecule has 2 heterocycles. The summed E-state index contributed by atoms with van der Waals surface area (Å²) < 4.78 is 12.0. The SMILES string of the molecule is CCC1CCC(C)N1C(CN)c1cc(Br)c2c(c1)OCO2. The zero-order valence-corrected chi connectivity index (χ0v) is 14.2. The number of hydrogen-bond acceptors (Lipinski definition) is 4. The van der Waals surface area contributed by atoms with Crippen molar-refractivity contribution in [2.75, 3.05) is 13.3 Å². The third-order valence-corrected chi connectivity index (χ3v) is 5.33. The van der Waals surface area contributed by atoms with Crippen LogP contribution in [0.15, 0.2) is 16.6 Å². The summed E-state index contributed by atoms with van der Waals surface area (Å²) in [5.74, 6) is 1.62. The summed E-state index contributed by atoms with van der Waals surface area (Å²) in [4.78, 5) is 2.59. The second-order valence-corrected chi connectivity index (χ2v) is 6.78. The van der Waals surface area contributed by atoms with Gasteiger partial charge in [0.15, 0.2) is 11.5 Å². The highest BCUT2D eigenvalue weighted by Gasteiger charge is 2.35. The van der Waals surface area contributed by atoms with Crippen molar-refractivity contribution in [1.29, 1.82) is 0 Å². The van der Waals surface area contributed by atoms with Crippen LogP contribution in [-0.2, 0) is 0 Å². The highest BCUT2D eigenvalue weighted by atomic mass is 79.9. The molecule has 4 nitrogen and oxygen atoms in total. The second kappa shape index (κ2) is 6.15. The summed E-state index contributed by atoms with van der Waals surface area (Å²) in [5, 5.41) is 0. The molecule has 1 aromatic carbocycles. The number of benzene rings is 1. The lowest BCUT2D eigenvalue weighted by molar-refractivity contribution is 0.136. The summed E-state index contributed by atoms with van der Waals surface area (Å²) in [5.41, 5.74) is 7.34. The molecule has 3 atom stereocenters. The van der Waals surface area contributed by atoms with E-state index >= 15 is 0 Å². The molecule has 2 aliphatic rings. The monoisotopic (exact) mass is 354 g/mol. The fraction of sp³-hybridized carbons (Fsp3) is 0.625. The molecule has 1 fully saturated rings. The number of fused-ring (bicyclic) bond motifs is 1. The molecule has 3 rings (SSSR count). The molecule has 2 N–H and O–H groups in total. The lowest BCUT2D eigenvalue weighted by Crippen LogP contribution is -2.41. The predicted octanol–water partition coefficient (Wildman–Crippen LogP) is 3.44. The molecule has 5 heteroatoms. The lowest BCUT2D eigenvalue weighted by Gasteiger charge is -2.36. The van der Waals surface area contributed by atoms with Crippen LogP contribution in [0.3, 0.4) is 0 Å². The Morgan fingerprint density at radius 3 is 2.90 bits per heavy atom. The van der Waals surface area contributed by atoms with E-state index in [4.69, 9.17) is 15.2 Å². The van der Waals surface area contributed by atoms with Crippen molar-refractivity contribution in [3.05, 3.63) is 22.2 Å². The first-order valence-electron chi connectivity index (χ1n) is 7.72. The van der Waals surface area contributed by atoms with Gasteiger partial charge < -0.3 is 15.2 Å². The Kier molecular flexibility index (Phi) is 4.43. The predicted molar refractivity (Wildman–Crippen MR) is 86.7 cm³/mol. The Labute approximate surface area is 134 Å². The van der Waals surface area contributed by atoms with Gasteiger partial charge in [0, 0.05) is 24.7 Å². The lowest BCUT2D eigenvalue weighted by atomic mass is 10.0. The van der Waals surface area contributed by atoms with E-state index in [9.17, 15) is 0 Å². The average molecular weight is 355 g/mol. The van der Waals surface area contributed by atoms with E-state index in [1.54, 1.807) is 0 Å². The molecule has 0 aromatic heterocycles. The number of hydrogen-bond donors (Lipinski definition) is 1. The van der Waals surface area contributed by atoms with Crippen molar-refractivity contribution in [1.82, 2.24) is 4.90 Å². The van der Waals surface area contributed by atoms with Crippen molar-refractivity contribution in [2.45, 2.75) is 51.2 Å². The Morgan fingerprint density at radius 2 is 2.19 bits per heavy atom. The van der Waals surface area contributed by atoms with Gasteiger partial charge in [0.25, 0.3) is 0 Å². The van der Waals surface area contributed by atoms with Gasteiger partial charge in [-0.15, -0.1) is 0 Å². The van der Waals surface area contributed by atoms with Gasteiger partial charge in [-0.3, -0.25) is 4.90 Å². The van der Waals surface area contributed by atoms with Gasteiger partial charge in [-0.1, -0.05) is 6.92 Å². The molecule has 0 spiro atoms. The van der Waals surface area contributed by atoms with Crippen molar-refractivity contribution >= 4 is 15.9 Å². The topological polar surface area (TPSA) is 47.7 Å². The van der Waals surface area contributed by atoms with Crippen molar-refractivity contribution < 1.29 is 9.47 Å². The zero-order valence-electron chi connectivity index (χ0n) is 12.6.